The molecule has 1 aliphatic heterocycles. The van der Waals surface area contributed by atoms with Crippen LogP contribution in [0.5, 0.6) is 17.2 Å². The molecule has 4 aromatic rings. The topological polar surface area (TPSA) is 111 Å². The van der Waals surface area contributed by atoms with Crippen LogP contribution < -0.4 is 14.8 Å². The summed E-state index contributed by atoms with van der Waals surface area (Å²) in [6, 6.07) is 15.7. The second kappa shape index (κ2) is 7.25. The van der Waals surface area contributed by atoms with Gasteiger partial charge in [0.25, 0.3) is 0 Å². The van der Waals surface area contributed by atoms with E-state index < -0.39 is 10.0 Å². The zero-order valence-electron chi connectivity index (χ0n) is 17.6. The standard InChI is InChI=1S/C23H22N4O4S/c1-3-26(4-2)14-9-10-16(19(28)11-14)23-25-17-12-15(32(24,29)30)13-21-22(17)27(23)18-7-5-6-8-20(18)31-21/h5-13,28H,3-4H2,1-2H3,(H2,24,29,30). The average Bonchev–Trinajstić information content (AvgIpc) is 3.15. The largest absolute Gasteiger partial charge is 0.507 e. The lowest BCUT2D eigenvalue weighted by Crippen LogP contribution is -2.21. The summed E-state index contributed by atoms with van der Waals surface area (Å²) in [7, 11) is -3.96. The van der Waals surface area contributed by atoms with Crippen LogP contribution in [0, 0.1) is 0 Å². The van der Waals surface area contributed by atoms with E-state index in [2.05, 4.69) is 18.7 Å². The van der Waals surface area contributed by atoms with Gasteiger partial charge in [-0.1, -0.05) is 12.1 Å². The van der Waals surface area contributed by atoms with E-state index in [1.165, 1.54) is 12.1 Å². The summed E-state index contributed by atoms with van der Waals surface area (Å²) in [5, 5.41) is 16.3. The van der Waals surface area contributed by atoms with Crippen LogP contribution in [0.3, 0.4) is 0 Å². The fourth-order valence-corrected chi connectivity index (χ4v) is 4.69. The van der Waals surface area contributed by atoms with E-state index in [9.17, 15) is 13.5 Å². The zero-order valence-corrected chi connectivity index (χ0v) is 18.4. The molecule has 2 heterocycles. The quantitative estimate of drug-likeness (QED) is 0.419. The molecule has 32 heavy (non-hydrogen) atoms. The van der Waals surface area contributed by atoms with Gasteiger partial charge in [-0.2, -0.15) is 0 Å². The molecule has 3 N–H and O–H groups in total. The van der Waals surface area contributed by atoms with Crippen molar-refractivity contribution in [3.63, 3.8) is 0 Å². The van der Waals surface area contributed by atoms with E-state index in [1.54, 1.807) is 12.1 Å². The number of primary sulfonamides is 1. The van der Waals surface area contributed by atoms with Crippen molar-refractivity contribution < 1.29 is 18.3 Å². The van der Waals surface area contributed by atoms with Crippen LogP contribution in [0.4, 0.5) is 5.69 Å². The van der Waals surface area contributed by atoms with E-state index in [0.717, 1.165) is 24.5 Å². The minimum atomic E-state index is -3.96. The van der Waals surface area contributed by atoms with Gasteiger partial charge < -0.3 is 14.7 Å². The Kier molecular flexibility index (Phi) is 4.61. The number of nitrogens with zero attached hydrogens (tertiary/aromatic N) is 3. The highest BCUT2D eigenvalue weighted by atomic mass is 32.2. The number of benzene rings is 3. The monoisotopic (exact) mass is 450 g/mol. The van der Waals surface area contributed by atoms with E-state index in [0.29, 0.717) is 33.9 Å². The van der Waals surface area contributed by atoms with Gasteiger partial charge in [0.2, 0.25) is 10.0 Å². The fraction of sp³-hybridized carbons (Fsp3) is 0.174. The maximum atomic E-state index is 12.0. The number of imidazole rings is 1. The number of phenols is 1. The summed E-state index contributed by atoms with van der Waals surface area (Å²) >= 11 is 0. The molecule has 0 aliphatic carbocycles. The van der Waals surface area contributed by atoms with Crippen LogP contribution >= 0.6 is 0 Å². The minimum absolute atomic E-state index is 0.0816. The lowest BCUT2D eigenvalue weighted by molar-refractivity contribution is 0.472. The Morgan fingerprint density at radius 1 is 1.06 bits per heavy atom. The summed E-state index contributed by atoms with van der Waals surface area (Å²) in [5.74, 6) is 1.44. The molecule has 0 radical (unpaired) electrons. The number of hydrogen-bond acceptors (Lipinski definition) is 6. The Morgan fingerprint density at radius 2 is 1.81 bits per heavy atom. The van der Waals surface area contributed by atoms with E-state index in [-0.39, 0.29) is 10.6 Å². The number of fused-ring (bicyclic) bond motifs is 2. The second-order valence-electron chi connectivity index (χ2n) is 7.55. The third kappa shape index (κ3) is 3.09. The van der Waals surface area contributed by atoms with Gasteiger partial charge in [-0.3, -0.25) is 4.57 Å². The number of ether oxygens (including phenoxy) is 1. The zero-order chi connectivity index (χ0) is 22.6. The molecule has 3 aromatic carbocycles. The Morgan fingerprint density at radius 3 is 2.50 bits per heavy atom. The maximum absolute atomic E-state index is 12.0. The van der Waals surface area contributed by atoms with E-state index in [4.69, 9.17) is 14.9 Å². The van der Waals surface area contributed by atoms with Gasteiger partial charge in [-0.05, 0) is 44.2 Å². The van der Waals surface area contributed by atoms with Crippen molar-refractivity contribution in [1.82, 2.24) is 9.55 Å². The summed E-state index contributed by atoms with van der Waals surface area (Å²) in [4.78, 5) is 6.74. The average molecular weight is 451 g/mol. The van der Waals surface area contributed by atoms with E-state index >= 15 is 0 Å². The number of aromatic nitrogens is 2. The molecule has 0 spiro atoms. The summed E-state index contributed by atoms with van der Waals surface area (Å²) in [5.41, 5.74) is 3.19. The second-order valence-corrected chi connectivity index (χ2v) is 9.11. The summed E-state index contributed by atoms with van der Waals surface area (Å²) < 4.78 is 31.9. The molecule has 0 saturated heterocycles. The molecule has 0 unspecified atom stereocenters. The van der Waals surface area contributed by atoms with Crippen LogP contribution in [0.1, 0.15) is 13.8 Å². The summed E-state index contributed by atoms with van der Waals surface area (Å²) in [6.45, 7) is 5.75. The Bertz CT molecular complexity index is 1470. The highest BCUT2D eigenvalue weighted by molar-refractivity contribution is 7.89. The van der Waals surface area contributed by atoms with Gasteiger partial charge in [-0.25, -0.2) is 18.5 Å². The maximum Gasteiger partial charge on any atom is 0.238 e. The smallest absolute Gasteiger partial charge is 0.238 e. The molecule has 9 heteroatoms. The lowest BCUT2D eigenvalue weighted by atomic mass is 10.1. The molecule has 0 saturated carbocycles. The van der Waals surface area contributed by atoms with Crippen molar-refractivity contribution in [2.24, 2.45) is 5.14 Å². The van der Waals surface area contributed by atoms with Crippen molar-refractivity contribution in [3.05, 3.63) is 54.6 Å². The molecular weight excluding hydrogens is 428 g/mol. The fourth-order valence-electron chi connectivity index (χ4n) is 4.15. The predicted molar refractivity (Wildman–Crippen MR) is 123 cm³/mol. The Hall–Kier alpha value is -3.56. The third-order valence-electron chi connectivity index (χ3n) is 5.70. The molecule has 0 amide bonds. The third-order valence-corrected chi connectivity index (χ3v) is 6.59. The SMILES string of the molecule is CCN(CC)c1ccc(-c2nc3cc(S(N)(=O)=O)cc4c3n2-c2ccccc2O4)c(O)c1. The first kappa shape index (κ1) is 20.3. The minimum Gasteiger partial charge on any atom is -0.507 e. The van der Waals surface area contributed by atoms with E-state index in [1.807, 2.05) is 34.9 Å². The molecule has 164 valence electrons. The highest BCUT2D eigenvalue weighted by Crippen LogP contribution is 2.45. The van der Waals surface area contributed by atoms with Crippen molar-refractivity contribution in [1.29, 1.82) is 0 Å². The molecule has 8 nitrogen and oxygen atoms in total. The van der Waals surface area contributed by atoms with Gasteiger partial charge in [0.05, 0.1) is 21.7 Å². The first-order valence-electron chi connectivity index (χ1n) is 10.3. The first-order valence-corrected chi connectivity index (χ1v) is 11.8. The van der Waals surface area contributed by atoms with Crippen LogP contribution in [0.25, 0.3) is 28.1 Å². The Balaban J connectivity index is 1.80. The van der Waals surface area contributed by atoms with Crippen LogP contribution in [-0.2, 0) is 10.0 Å². The van der Waals surface area contributed by atoms with Crippen molar-refractivity contribution in [2.75, 3.05) is 18.0 Å². The Labute approximate surface area is 185 Å². The number of nitrogens with two attached hydrogens (primary N) is 1. The number of sulfonamides is 1. The highest BCUT2D eigenvalue weighted by Gasteiger charge is 2.28. The van der Waals surface area contributed by atoms with Crippen molar-refractivity contribution >= 4 is 26.7 Å². The van der Waals surface area contributed by atoms with Gasteiger partial charge in [0.15, 0.2) is 11.5 Å². The molecule has 5 rings (SSSR count). The van der Waals surface area contributed by atoms with Crippen molar-refractivity contribution in [2.45, 2.75) is 18.7 Å². The molecule has 1 aromatic heterocycles. The van der Waals surface area contributed by atoms with Gasteiger partial charge in [0, 0.05) is 30.9 Å². The molecule has 0 atom stereocenters. The molecule has 1 aliphatic rings. The van der Waals surface area contributed by atoms with Crippen LogP contribution in [-0.4, -0.2) is 36.2 Å². The predicted octanol–water partition coefficient (Wildman–Crippen LogP) is 4.00. The van der Waals surface area contributed by atoms with Gasteiger partial charge in [0.1, 0.15) is 17.1 Å². The number of para-hydroxylation sites is 2. The first-order chi connectivity index (χ1) is 15.3. The number of hydrogen-bond donors (Lipinski definition) is 2. The summed E-state index contributed by atoms with van der Waals surface area (Å²) in [6.07, 6.45) is 0. The number of phenolic OH excluding ortho intramolecular Hbond substituents is 1. The van der Waals surface area contributed by atoms with Gasteiger partial charge in [-0.15, -0.1) is 0 Å². The number of rotatable bonds is 5. The van der Waals surface area contributed by atoms with Crippen LogP contribution in [0.15, 0.2) is 59.5 Å². The number of anilines is 1. The number of aromatic hydroxyl groups is 1. The molecular formula is C23H22N4O4S. The molecule has 0 fully saturated rings. The molecule has 0 bridgehead atoms. The lowest BCUT2D eigenvalue weighted by Gasteiger charge is -2.23. The normalized spacial score (nSPS) is 12.5. The van der Waals surface area contributed by atoms with Crippen LogP contribution in [0.2, 0.25) is 0 Å². The van der Waals surface area contributed by atoms with Gasteiger partial charge >= 0.3 is 0 Å². The van der Waals surface area contributed by atoms with Crippen molar-refractivity contribution in [3.8, 4) is 34.3 Å².